The van der Waals surface area contributed by atoms with Crippen LogP contribution in [0, 0.1) is 0 Å². The van der Waals surface area contributed by atoms with Gasteiger partial charge in [-0.2, -0.15) is 0 Å². The third-order valence-corrected chi connectivity index (χ3v) is 5.64. The van der Waals surface area contributed by atoms with Gasteiger partial charge in [-0.1, -0.05) is 80.7 Å². The summed E-state index contributed by atoms with van der Waals surface area (Å²) in [6.45, 7) is 2.92. The molecule has 148 valence electrons. The number of thiazole rings is 1. The summed E-state index contributed by atoms with van der Waals surface area (Å²) in [5, 5.41) is 10.1. The minimum Gasteiger partial charge on any atom is -0.493 e. The Kier molecular flexibility index (Phi) is 9.36. The molecule has 0 radical (unpaired) electrons. The Balaban J connectivity index is 1.80. The molecule has 1 aromatic carbocycles. The Labute approximate surface area is 166 Å². The number of benzene rings is 1. The number of aromatic hydroxyl groups is 1. The highest BCUT2D eigenvalue weighted by atomic mass is 32.1. The third kappa shape index (κ3) is 7.00. The minimum absolute atomic E-state index is 0.0148. The average Bonchev–Trinajstić information content (AvgIpc) is 2.94. The van der Waals surface area contributed by atoms with Gasteiger partial charge in [0.05, 0.1) is 4.88 Å². The van der Waals surface area contributed by atoms with Crippen LogP contribution in [0.1, 0.15) is 61.5 Å². The molecule has 0 aliphatic rings. The molecule has 3 N–H and O–H groups in total. The lowest BCUT2D eigenvalue weighted by Crippen LogP contribution is -2.18. The maximum absolute atomic E-state index is 11.8. The zero-order valence-electron chi connectivity index (χ0n) is 16.3. The van der Waals surface area contributed by atoms with Gasteiger partial charge in [0.1, 0.15) is 0 Å². The van der Waals surface area contributed by atoms with Crippen LogP contribution in [0.25, 0.3) is 6.08 Å². The first-order chi connectivity index (χ1) is 13.2. The van der Waals surface area contributed by atoms with Crippen LogP contribution in [-0.2, 0) is 19.4 Å². The van der Waals surface area contributed by atoms with Crippen molar-refractivity contribution in [3.63, 3.8) is 0 Å². The Morgan fingerprint density at radius 2 is 1.74 bits per heavy atom. The van der Waals surface area contributed by atoms with E-state index in [-0.39, 0.29) is 10.8 Å². The summed E-state index contributed by atoms with van der Waals surface area (Å²) >= 11 is 1.05. The number of allylic oxidation sites excluding steroid dienone is 1. The number of aromatic nitrogens is 1. The molecule has 0 fully saturated rings. The lowest BCUT2D eigenvalue weighted by Gasteiger charge is -2.03. The molecule has 1 aromatic heterocycles. The molecule has 1 heterocycles. The van der Waals surface area contributed by atoms with Crippen molar-refractivity contribution >= 4 is 17.4 Å². The molecule has 0 aliphatic carbocycles. The van der Waals surface area contributed by atoms with Crippen molar-refractivity contribution in [3.8, 4) is 5.88 Å². The van der Waals surface area contributed by atoms with Gasteiger partial charge in [-0.25, -0.2) is 0 Å². The van der Waals surface area contributed by atoms with Gasteiger partial charge in [-0.3, -0.25) is 9.36 Å². The molecular formula is C22H32N2O2S. The molecule has 0 saturated heterocycles. The quantitative estimate of drug-likeness (QED) is 0.516. The molecule has 0 unspecified atom stereocenters. The van der Waals surface area contributed by atoms with E-state index in [0.29, 0.717) is 18.0 Å². The SMILES string of the molecule is CCCCCCCCc1ccc(C/C=C/c2sc(=O)n(CCN)c2O)cc1. The van der Waals surface area contributed by atoms with Crippen molar-refractivity contribution in [3.05, 3.63) is 56.0 Å². The fourth-order valence-corrected chi connectivity index (χ4v) is 3.94. The monoisotopic (exact) mass is 388 g/mol. The van der Waals surface area contributed by atoms with Gasteiger partial charge in [-0.05, 0) is 36.5 Å². The molecule has 0 saturated carbocycles. The lowest BCUT2D eigenvalue weighted by atomic mass is 10.0. The van der Waals surface area contributed by atoms with Crippen LogP contribution in [0.2, 0.25) is 0 Å². The van der Waals surface area contributed by atoms with Gasteiger partial charge < -0.3 is 10.8 Å². The predicted octanol–water partition coefficient (Wildman–Crippen LogP) is 4.73. The highest BCUT2D eigenvalue weighted by Gasteiger charge is 2.10. The summed E-state index contributed by atoms with van der Waals surface area (Å²) in [7, 11) is 0. The van der Waals surface area contributed by atoms with Crippen molar-refractivity contribution in [2.75, 3.05) is 6.54 Å². The first-order valence-corrected chi connectivity index (χ1v) is 10.8. The average molecular weight is 389 g/mol. The van der Waals surface area contributed by atoms with Crippen molar-refractivity contribution in [1.29, 1.82) is 0 Å². The largest absolute Gasteiger partial charge is 0.493 e. The standard InChI is InChI=1S/C22H32N2O2S/c1-2-3-4-5-6-7-9-18-12-14-19(15-13-18)10-8-11-20-21(25)24(17-16-23)22(26)27-20/h8,11-15,25H,2-7,9-10,16-17,23H2,1H3/b11-8+. The minimum atomic E-state index is -0.170. The molecule has 0 aliphatic heterocycles. The van der Waals surface area contributed by atoms with Crippen LogP contribution in [0.5, 0.6) is 5.88 Å². The van der Waals surface area contributed by atoms with Gasteiger partial charge in [0, 0.05) is 13.1 Å². The summed E-state index contributed by atoms with van der Waals surface area (Å²) in [6, 6.07) is 8.75. The number of nitrogens with two attached hydrogens (primary N) is 1. The van der Waals surface area contributed by atoms with Crippen LogP contribution in [-0.4, -0.2) is 16.2 Å². The number of aryl methyl sites for hydroxylation is 1. The number of hydrogen-bond acceptors (Lipinski definition) is 4. The number of hydrogen-bond donors (Lipinski definition) is 2. The molecule has 0 spiro atoms. The first-order valence-electron chi connectivity index (χ1n) is 10.0. The zero-order valence-corrected chi connectivity index (χ0v) is 17.1. The van der Waals surface area contributed by atoms with E-state index >= 15 is 0 Å². The summed E-state index contributed by atoms with van der Waals surface area (Å²) in [6.07, 6.45) is 13.7. The highest BCUT2D eigenvalue weighted by Crippen LogP contribution is 2.21. The first kappa shape index (κ1) is 21.5. The molecule has 2 rings (SSSR count). The van der Waals surface area contributed by atoms with Gasteiger partial charge in [0.25, 0.3) is 0 Å². The smallest absolute Gasteiger partial charge is 0.310 e. The number of nitrogens with zero attached hydrogens (tertiary/aromatic N) is 1. The molecule has 5 heteroatoms. The summed E-state index contributed by atoms with van der Waals surface area (Å²) in [5.41, 5.74) is 8.09. The van der Waals surface area contributed by atoms with Crippen molar-refractivity contribution in [2.45, 2.75) is 64.8 Å². The van der Waals surface area contributed by atoms with Crippen LogP contribution < -0.4 is 10.6 Å². The van der Waals surface area contributed by atoms with Crippen LogP contribution in [0.4, 0.5) is 0 Å². The third-order valence-electron chi connectivity index (χ3n) is 4.71. The topological polar surface area (TPSA) is 68.2 Å². The summed E-state index contributed by atoms with van der Waals surface area (Å²) < 4.78 is 1.32. The Hall–Kier alpha value is -1.85. The highest BCUT2D eigenvalue weighted by molar-refractivity contribution is 7.10. The molecule has 2 aromatic rings. The maximum atomic E-state index is 11.8. The van der Waals surface area contributed by atoms with Gasteiger partial charge >= 0.3 is 4.87 Å². The van der Waals surface area contributed by atoms with E-state index in [9.17, 15) is 9.90 Å². The fourth-order valence-electron chi connectivity index (χ4n) is 3.10. The van der Waals surface area contributed by atoms with Crippen LogP contribution >= 0.6 is 11.3 Å². The van der Waals surface area contributed by atoms with E-state index in [1.54, 1.807) is 0 Å². The van der Waals surface area contributed by atoms with Crippen LogP contribution in [0.3, 0.4) is 0 Å². The Morgan fingerprint density at radius 3 is 2.44 bits per heavy atom. The van der Waals surface area contributed by atoms with Crippen molar-refractivity contribution in [2.24, 2.45) is 5.73 Å². The second-order valence-electron chi connectivity index (χ2n) is 6.94. The Morgan fingerprint density at radius 1 is 1.07 bits per heavy atom. The number of unbranched alkanes of at least 4 members (excludes halogenated alkanes) is 5. The van der Waals surface area contributed by atoms with Crippen LogP contribution in [0.15, 0.2) is 35.1 Å². The van der Waals surface area contributed by atoms with Crippen molar-refractivity contribution in [1.82, 2.24) is 4.57 Å². The van der Waals surface area contributed by atoms with E-state index in [1.807, 2.05) is 12.2 Å². The lowest BCUT2D eigenvalue weighted by molar-refractivity contribution is 0.414. The normalized spacial score (nSPS) is 11.5. The number of rotatable bonds is 12. The van der Waals surface area contributed by atoms with E-state index in [0.717, 1.165) is 24.2 Å². The molecule has 4 nitrogen and oxygen atoms in total. The summed E-state index contributed by atoms with van der Waals surface area (Å²) in [5.74, 6) is 0.0148. The van der Waals surface area contributed by atoms with E-state index in [4.69, 9.17) is 5.73 Å². The molecule has 0 amide bonds. The molecular weight excluding hydrogens is 356 g/mol. The second-order valence-corrected chi connectivity index (χ2v) is 7.93. The predicted molar refractivity (Wildman–Crippen MR) is 116 cm³/mol. The second kappa shape index (κ2) is 11.8. The van der Waals surface area contributed by atoms with Gasteiger partial charge in [-0.15, -0.1) is 0 Å². The van der Waals surface area contributed by atoms with E-state index < -0.39 is 0 Å². The molecule has 27 heavy (non-hydrogen) atoms. The zero-order chi connectivity index (χ0) is 19.5. The maximum Gasteiger partial charge on any atom is 0.310 e. The summed E-state index contributed by atoms with van der Waals surface area (Å²) in [4.78, 5) is 12.2. The van der Waals surface area contributed by atoms with E-state index in [2.05, 4.69) is 31.2 Å². The Bertz CT molecular complexity index is 760. The van der Waals surface area contributed by atoms with Gasteiger partial charge in [0.2, 0.25) is 5.88 Å². The molecule has 0 bridgehead atoms. The van der Waals surface area contributed by atoms with Gasteiger partial charge in [0.15, 0.2) is 0 Å². The fraction of sp³-hybridized carbons (Fsp3) is 0.500. The van der Waals surface area contributed by atoms with Crippen molar-refractivity contribution < 1.29 is 5.11 Å². The van der Waals surface area contributed by atoms with E-state index in [1.165, 1.54) is 54.2 Å². The molecule has 0 atom stereocenters.